The van der Waals surface area contributed by atoms with Crippen molar-refractivity contribution in [2.75, 3.05) is 24.1 Å². The molecule has 0 saturated heterocycles. The summed E-state index contributed by atoms with van der Waals surface area (Å²) < 4.78 is 5.37. The van der Waals surface area contributed by atoms with Crippen molar-refractivity contribution in [1.29, 1.82) is 0 Å². The second-order valence-corrected chi connectivity index (χ2v) is 5.34. The van der Waals surface area contributed by atoms with Gasteiger partial charge in [0, 0.05) is 19.5 Å². The first-order valence-corrected chi connectivity index (χ1v) is 7.05. The quantitative estimate of drug-likeness (QED) is 0.650. The Bertz CT molecular complexity index is 464. The molecule has 0 aromatic carbocycles. The van der Waals surface area contributed by atoms with Crippen LogP contribution in [0.1, 0.15) is 34.1 Å². The average Bonchev–Trinajstić information content (AvgIpc) is 2.34. The van der Waals surface area contributed by atoms with E-state index in [9.17, 15) is 4.79 Å². The summed E-state index contributed by atoms with van der Waals surface area (Å²) in [5.41, 5.74) is 5.59. The molecule has 0 spiro atoms. The monoisotopic (exact) mass is 296 g/mol. The molecule has 21 heavy (non-hydrogen) atoms. The number of anilines is 2. The summed E-state index contributed by atoms with van der Waals surface area (Å²) >= 11 is 0. The summed E-state index contributed by atoms with van der Waals surface area (Å²) in [6, 6.07) is 0.171. The second kappa shape index (κ2) is 8.23. The number of carbonyl (C=O) groups excluding carboxylic acids is 1. The van der Waals surface area contributed by atoms with E-state index in [4.69, 9.17) is 10.5 Å². The van der Waals surface area contributed by atoms with Crippen molar-refractivity contribution >= 4 is 17.8 Å². The van der Waals surface area contributed by atoms with E-state index in [0.29, 0.717) is 31.4 Å². The van der Waals surface area contributed by atoms with Crippen LogP contribution in [-0.2, 0) is 4.79 Å². The standard InChI is InChI=1S/C13H24N6O2/c1-8(2)7-16-10(20)5-6-15-12-17-11(14)18-13(19-12)21-9(3)4/h8-9H,5-7H2,1-4H3,(H,16,20)(H3,14,15,17,18,19). The molecular formula is C13H24N6O2. The van der Waals surface area contributed by atoms with Crippen molar-refractivity contribution in [1.82, 2.24) is 20.3 Å². The van der Waals surface area contributed by atoms with Crippen LogP contribution in [0.15, 0.2) is 0 Å². The zero-order chi connectivity index (χ0) is 15.8. The maximum atomic E-state index is 11.6. The first-order valence-electron chi connectivity index (χ1n) is 7.05. The van der Waals surface area contributed by atoms with Gasteiger partial charge in [-0.1, -0.05) is 13.8 Å². The average molecular weight is 296 g/mol. The van der Waals surface area contributed by atoms with Crippen LogP contribution in [0.5, 0.6) is 6.01 Å². The lowest BCUT2D eigenvalue weighted by Gasteiger charge is -2.10. The SMILES string of the molecule is CC(C)CNC(=O)CCNc1nc(N)nc(OC(C)C)n1. The van der Waals surface area contributed by atoms with E-state index in [1.807, 2.05) is 27.7 Å². The van der Waals surface area contributed by atoms with Crippen molar-refractivity contribution in [3.05, 3.63) is 0 Å². The van der Waals surface area contributed by atoms with Gasteiger partial charge in [0.1, 0.15) is 0 Å². The molecule has 8 heteroatoms. The zero-order valence-corrected chi connectivity index (χ0v) is 13.0. The molecule has 0 bridgehead atoms. The molecule has 1 aromatic heterocycles. The lowest BCUT2D eigenvalue weighted by atomic mass is 10.2. The number of ether oxygens (including phenoxy) is 1. The van der Waals surface area contributed by atoms with Gasteiger partial charge in [0.15, 0.2) is 0 Å². The predicted molar refractivity (Wildman–Crippen MR) is 81.0 cm³/mol. The van der Waals surface area contributed by atoms with Gasteiger partial charge in [-0.3, -0.25) is 4.79 Å². The van der Waals surface area contributed by atoms with E-state index in [2.05, 4.69) is 25.6 Å². The summed E-state index contributed by atoms with van der Waals surface area (Å²) in [6.07, 6.45) is 0.278. The first kappa shape index (κ1) is 16.9. The van der Waals surface area contributed by atoms with Crippen LogP contribution >= 0.6 is 0 Å². The molecule has 1 aromatic rings. The normalized spacial score (nSPS) is 10.8. The smallest absolute Gasteiger partial charge is 0.323 e. The maximum absolute atomic E-state index is 11.6. The molecule has 1 heterocycles. The lowest BCUT2D eigenvalue weighted by Crippen LogP contribution is -2.28. The Morgan fingerprint density at radius 1 is 1.24 bits per heavy atom. The summed E-state index contributed by atoms with van der Waals surface area (Å²) in [4.78, 5) is 23.5. The van der Waals surface area contributed by atoms with Gasteiger partial charge >= 0.3 is 6.01 Å². The highest BCUT2D eigenvalue weighted by Gasteiger charge is 2.08. The summed E-state index contributed by atoms with van der Waals surface area (Å²) in [6.45, 7) is 8.90. The van der Waals surface area contributed by atoms with Crippen molar-refractivity contribution in [3.8, 4) is 6.01 Å². The predicted octanol–water partition coefficient (Wildman–Crippen LogP) is 0.815. The molecule has 1 rings (SSSR count). The van der Waals surface area contributed by atoms with E-state index in [1.165, 1.54) is 0 Å². The Labute approximate surface area is 124 Å². The molecule has 0 aliphatic heterocycles. The Kier molecular flexibility index (Phi) is 6.64. The van der Waals surface area contributed by atoms with Gasteiger partial charge in [-0.2, -0.15) is 15.0 Å². The molecular weight excluding hydrogens is 272 g/mol. The minimum atomic E-state index is -0.0542. The van der Waals surface area contributed by atoms with E-state index < -0.39 is 0 Å². The van der Waals surface area contributed by atoms with Crippen molar-refractivity contribution in [2.45, 2.75) is 40.2 Å². The van der Waals surface area contributed by atoms with E-state index in [1.54, 1.807) is 0 Å². The number of amides is 1. The van der Waals surface area contributed by atoms with Crippen LogP contribution in [0.2, 0.25) is 0 Å². The molecule has 0 unspecified atom stereocenters. The zero-order valence-electron chi connectivity index (χ0n) is 13.0. The molecule has 0 aliphatic carbocycles. The number of hydrogen-bond acceptors (Lipinski definition) is 7. The van der Waals surface area contributed by atoms with Gasteiger partial charge in [-0.05, 0) is 19.8 Å². The highest BCUT2D eigenvalue weighted by molar-refractivity contribution is 5.76. The molecule has 0 saturated carbocycles. The number of nitrogen functional groups attached to an aromatic ring is 1. The molecule has 0 radical (unpaired) electrons. The maximum Gasteiger partial charge on any atom is 0.323 e. The van der Waals surface area contributed by atoms with E-state index in [0.717, 1.165) is 0 Å². The van der Waals surface area contributed by atoms with Gasteiger partial charge in [-0.15, -0.1) is 0 Å². The Morgan fingerprint density at radius 3 is 2.57 bits per heavy atom. The number of nitrogens with one attached hydrogen (secondary N) is 2. The minimum Gasteiger partial charge on any atom is -0.461 e. The van der Waals surface area contributed by atoms with Gasteiger partial charge in [0.25, 0.3) is 0 Å². The van der Waals surface area contributed by atoms with Gasteiger partial charge < -0.3 is 21.1 Å². The number of hydrogen-bond donors (Lipinski definition) is 3. The van der Waals surface area contributed by atoms with Crippen molar-refractivity contribution < 1.29 is 9.53 Å². The summed E-state index contributed by atoms with van der Waals surface area (Å²) in [5.74, 6) is 0.792. The lowest BCUT2D eigenvalue weighted by molar-refractivity contribution is -0.120. The third-order valence-corrected chi connectivity index (χ3v) is 2.32. The Morgan fingerprint density at radius 2 is 1.95 bits per heavy atom. The van der Waals surface area contributed by atoms with Gasteiger partial charge in [0.05, 0.1) is 6.10 Å². The van der Waals surface area contributed by atoms with Crippen LogP contribution in [0.3, 0.4) is 0 Å². The fourth-order valence-corrected chi connectivity index (χ4v) is 1.41. The molecule has 0 atom stereocenters. The fraction of sp³-hybridized carbons (Fsp3) is 0.692. The highest BCUT2D eigenvalue weighted by atomic mass is 16.5. The number of nitrogens with two attached hydrogens (primary N) is 1. The van der Waals surface area contributed by atoms with Crippen LogP contribution in [0.4, 0.5) is 11.9 Å². The van der Waals surface area contributed by atoms with Crippen LogP contribution in [0, 0.1) is 5.92 Å². The van der Waals surface area contributed by atoms with Crippen molar-refractivity contribution in [3.63, 3.8) is 0 Å². The van der Waals surface area contributed by atoms with Crippen LogP contribution in [0.25, 0.3) is 0 Å². The van der Waals surface area contributed by atoms with Crippen LogP contribution < -0.4 is 21.1 Å². The minimum absolute atomic E-state index is 0.0168. The third kappa shape index (κ3) is 7.28. The number of carbonyl (C=O) groups is 1. The van der Waals surface area contributed by atoms with Gasteiger partial charge in [0.2, 0.25) is 17.8 Å². The van der Waals surface area contributed by atoms with Crippen molar-refractivity contribution in [2.24, 2.45) is 5.92 Å². The Hall–Kier alpha value is -2.12. The second-order valence-electron chi connectivity index (χ2n) is 5.34. The molecule has 0 fully saturated rings. The summed E-state index contributed by atoms with van der Waals surface area (Å²) in [7, 11) is 0. The molecule has 4 N–H and O–H groups in total. The van der Waals surface area contributed by atoms with E-state index in [-0.39, 0.29) is 24.0 Å². The highest BCUT2D eigenvalue weighted by Crippen LogP contribution is 2.10. The number of aromatic nitrogens is 3. The number of rotatable bonds is 8. The van der Waals surface area contributed by atoms with Gasteiger partial charge in [-0.25, -0.2) is 0 Å². The molecule has 8 nitrogen and oxygen atoms in total. The molecule has 118 valence electrons. The third-order valence-electron chi connectivity index (χ3n) is 2.32. The number of nitrogens with zero attached hydrogens (tertiary/aromatic N) is 3. The molecule has 0 aliphatic rings. The Balaban J connectivity index is 2.44. The summed E-state index contributed by atoms with van der Waals surface area (Å²) in [5, 5.41) is 5.77. The fourth-order valence-electron chi connectivity index (χ4n) is 1.41. The molecule has 1 amide bonds. The topological polar surface area (TPSA) is 115 Å². The van der Waals surface area contributed by atoms with Crippen LogP contribution in [-0.4, -0.2) is 40.1 Å². The largest absolute Gasteiger partial charge is 0.461 e. The first-order chi connectivity index (χ1) is 9.86. The van der Waals surface area contributed by atoms with E-state index >= 15 is 0 Å².